The average molecular weight is 388 g/mol. The van der Waals surface area contributed by atoms with Gasteiger partial charge >= 0.3 is 6.09 Å². The lowest BCUT2D eigenvalue weighted by Gasteiger charge is -2.36. The number of ether oxygens (including phenoxy) is 1. The molecule has 2 aromatic rings. The molecule has 2 N–H and O–H groups in total. The van der Waals surface area contributed by atoms with Crippen molar-refractivity contribution in [3.05, 3.63) is 40.8 Å². The first kappa shape index (κ1) is 20.3. The number of carbonyl (C=O) groups excluding carboxylic acids is 1. The quantitative estimate of drug-likeness (QED) is 0.821. The number of amides is 1. The minimum absolute atomic E-state index is 0.0671. The van der Waals surface area contributed by atoms with Crippen molar-refractivity contribution in [2.24, 2.45) is 0 Å². The molecule has 152 valence electrons. The van der Waals surface area contributed by atoms with Crippen molar-refractivity contribution >= 4 is 17.1 Å². The first-order valence-electron chi connectivity index (χ1n) is 9.57. The summed E-state index contributed by atoms with van der Waals surface area (Å²) in [5.74, 6) is 0. The summed E-state index contributed by atoms with van der Waals surface area (Å²) >= 11 is 0. The van der Waals surface area contributed by atoms with Crippen molar-refractivity contribution in [2.45, 2.75) is 51.5 Å². The molecule has 0 spiro atoms. The zero-order valence-electron chi connectivity index (χ0n) is 16.6. The molecular weight excluding hydrogens is 360 g/mol. The standard InChI is InChI=1S/C20H28N4O4/c1-20(2,3)28-19(27)22-15-8-10-23(13-17(15)25)11-12-24-16-5-4-9-21-14(16)6-7-18(24)26/h4-7,9,15,17,25H,8,10-13H2,1-3H3,(H,22,27). The third kappa shape index (κ3) is 5.08. The molecule has 1 fully saturated rings. The number of alkyl carbamates (subject to hydrolysis) is 1. The van der Waals surface area contributed by atoms with Gasteiger partial charge in [-0.05, 0) is 45.4 Å². The van der Waals surface area contributed by atoms with E-state index in [9.17, 15) is 14.7 Å². The van der Waals surface area contributed by atoms with Crippen LogP contribution < -0.4 is 10.9 Å². The van der Waals surface area contributed by atoms with Gasteiger partial charge in [0.1, 0.15) is 5.60 Å². The number of hydrogen-bond acceptors (Lipinski definition) is 6. The number of hydrogen-bond donors (Lipinski definition) is 2. The lowest BCUT2D eigenvalue weighted by Crippen LogP contribution is -2.55. The zero-order chi connectivity index (χ0) is 20.3. The normalized spacial score (nSPS) is 20.9. The number of aliphatic hydroxyl groups is 1. The second-order valence-corrected chi connectivity index (χ2v) is 8.14. The van der Waals surface area contributed by atoms with Crippen molar-refractivity contribution in [1.82, 2.24) is 19.8 Å². The maximum Gasteiger partial charge on any atom is 0.407 e. The van der Waals surface area contributed by atoms with Gasteiger partial charge in [0.25, 0.3) is 5.56 Å². The number of likely N-dealkylation sites (tertiary alicyclic amines) is 1. The molecule has 28 heavy (non-hydrogen) atoms. The van der Waals surface area contributed by atoms with E-state index in [4.69, 9.17) is 4.74 Å². The fourth-order valence-corrected chi connectivity index (χ4v) is 3.42. The summed E-state index contributed by atoms with van der Waals surface area (Å²) < 4.78 is 6.96. The Morgan fingerprint density at radius 1 is 1.32 bits per heavy atom. The topological polar surface area (TPSA) is 96.7 Å². The molecule has 3 rings (SSSR count). The highest BCUT2D eigenvalue weighted by atomic mass is 16.6. The Labute approximate surface area is 164 Å². The van der Waals surface area contributed by atoms with E-state index in [1.165, 1.54) is 6.07 Å². The van der Waals surface area contributed by atoms with E-state index in [1.807, 2.05) is 12.1 Å². The Bertz CT molecular complexity index is 890. The molecule has 2 unspecified atom stereocenters. The molecule has 1 saturated heterocycles. The monoisotopic (exact) mass is 388 g/mol. The molecular formula is C20H28N4O4. The largest absolute Gasteiger partial charge is 0.444 e. The van der Waals surface area contributed by atoms with Gasteiger partial charge in [0, 0.05) is 38.4 Å². The predicted octanol–water partition coefficient (Wildman–Crippen LogP) is 1.36. The summed E-state index contributed by atoms with van der Waals surface area (Å²) in [4.78, 5) is 30.6. The number of nitrogens with zero attached hydrogens (tertiary/aromatic N) is 3. The van der Waals surface area contributed by atoms with Gasteiger partial charge in [-0.25, -0.2) is 4.79 Å². The summed E-state index contributed by atoms with van der Waals surface area (Å²) in [6.45, 7) is 7.69. The van der Waals surface area contributed by atoms with Crippen molar-refractivity contribution in [1.29, 1.82) is 0 Å². The molecule has 0 aromatic carbocycles. The lowest BCUT2D eigenvalue weighted by atomic mass is 10.0. The number of aromatic nitrogens is 2. The molecule has 1 amide bonds. The van der Waals surface area contributed by atoms with Crippen LogP contribution in [0.15, 0.2) is 35.3 Å². The van der Waals surface area contributed by atoms with E-state index in [2.05, 4.69) is 15.2 Å². The van der Waals surface area contributed by atoms with Gasteiger partial charge in [-0.1, -0.05) is 0 Å². The predicted molar refractivity (Wildman–Crippen MR) is 106 cm³/mol. The highest BCUT2D eigenvalue weighted by Crippen LogP contribution is 2.14. The molecule has 0 radical (unpaired) electrons. The fraction of sp³-hybridized carbons (Fsp3) is 0.550. The molecule has 8 heteroatoms. The fourth-order valence-electron chi connectivity index (χ4n) is 3.42. The van der Waals surface area contributed by atoms with E-state index < -0.39 is 17.8 Å². The molecule has 1 aliphatic rings. The Balaban J connectivity index is 1.57. The summed E-state index contributed by atoms with van der Waals surface area (Å²) in [6.07, 6.45) is 1.12. The molecule has 2 atom stereocenters. The van der Waals surface area contributed by atoms with Crippen LogP contribution in [0.4, 0.5) is 4.79 Å². The van der Waals surface area contributed by atoms with Crippen molar-refractivity contribution in [3.63, 3.8) is 0 Å². The summed E-state index contributed by atoms with van der Waals surface area (Å²) in [5.41, 5.74) is 0.943. The first-order valence-corrected chi connectivity index (χ1v) is 9.57. The number of carbonyl (C=O) groups is 1. The maximum atomic E-state index is 12.3. The molecule has 8 nitrogen and oxygen atoms in total. The molecule has 3 heterocycles. The highest BCUT2D eigenvalue weighted by Gasteiger charge is 2.30. The summed E-state index contributed by atoms with van der Waals surface area (Å²) in [6, 6.07) is 6.62. The second kappa shape index (κ2) is 8.28. The van der Waals surface area contributed by atoms with Crippen LogP contribution in [0.5, 0.6) is 0 Å². The van der Waals surface area contributed by atoms with Crippen LogP contribution in [0.25, 0.3) is 11.0 Å². The molecule has 2 aromatic heterocycles. The van der Waals surface area contributed by atoms with Crippen LogP contribution in [0, 0.1) is 0 Å². The number of rotatable bonds is 4. The van der Waals surface area contributed by atoms with Crippen molar-refractivity contribution in [2.75, 3.05) is 19.6 Å². The first-order chi connectivity index (χ1) is 13.2. The second-order valence-electron chi connectivity index (χ2n) is 8.14. The van der Waals surface area contributed by atoms with Crippen LogP contribution in [0.1, 0.15) is 27.2 Å². The van der Waals surface area contributed by atoms with Crippen LogP contribution >= 0.6 is 0 Å². The number of fused-ring (bicyclic) bond motifs is 1. The highest BCUT2D eigenvalue weighted by molar-refractivity contribution is 5.73. The number of aliphatic hydroxyl groups excluding tert-OH is 1. The third-order valence-corrected chi connectivity index (χ3v) is 4.76. The lowest BCUT2D eigenvalue weighted by molar-refractivity contribution is 0.0194. The van der Waals surface area contributed by atoms with Gasteiger partial charge in [0.05, 0.1) is 23.2 Å². The van der Waals surface area contributed by atoms with Crippen LogP contribution in [0.2, 0.25) is 0 Å². The molecule has 1 aliphatic heterocycles. The van der Waals surface area contributed by atoms with Gasteiger partial charge in [-0.3, -0.25) is 14.7 Å². The van der Waals surface area contributed by atoms with Crippen molar-refractivity contribution < 1.29 is 14.6 Å². The van der Waals surface area contributed by atoms with Gasteiger partial charge in [0.2, 0.25) is 0 Å². The Morgan fingerprint density at radius 3 is 2.82 bits per heavy atom. The zero-order valence-corrected chi connectivity index (χ0v) is 16.6. The minimum Gasteiger partial charge on any atom is -0.444 e. The number of piperidine rings is 1. The SMILES string of the molecule is CC(C)(C)OC(=O)NC1CCN(CCn2c(=O)ccc3ncccc32)CC1O. The van der Waals surface area contributed by atoms with E-state index in [1.54, 1.807) is 37.6 Å². The summed E-state index contributed by atoms with van der Waals surface area (Å²) in [5, 5.41) is 13.2. The Kier molecular flexibility index (Phi) is 6.00. The number of pyridine rings is 2. The molecule has 0 bridgehead atoms. The maximum absolute atomic E-state index is 12.3. The van der Waals surface area contributed by atoms with E-state index in [0.717, 1.165) is 17.6 Å². The Hall–Kier alpha value is -2.45. The van der Waals surface area contributed by atoms with Crippen LogP contribution in [-0.4, -0.2) is 63.0 Å². The average Bonchev–Trinajstić information content (AvgIpc) is 2.61. The minimum atomic E-state index is -0.688. The van der Waals surface area contributed by atoms with E-state index >= 15 is 0 Å². The molecule has 0 saturated carbocycles. The van der Waals surface area contributed by atoms with E-state index in [-0.39, 0.29) is 11.6 Å². The van der Waals surface area contributed by atoms with Crippen molar-refractivity contribution in [3.8, 4) is 0 Å². The van der Waals surface area contributed by atoms with Gasteiger partial charge in [-0.15, -0.1) is 0 Å². The Morgan fingerprint density at radius 2 is 2.11 bits per heavy atom. The van der Waals surface area contributed by atoms with E-state index in [0.29, 0.717) is 26.1 Å². The smallest absolute Gasteiger partial charge is 0.407 e. The van der Waals surface area contributed by atoms with Gasteiger partial charge in [0.15, 0.2) is 0 Å². The van der Waals surface area contributed by atoms with Gasteiger partial charge in [-0.2, -0.15) is 0 Å². The number of nitrogens with one attached hydrogen (secondary N) is 1. The van der Waals surface area contributed by atoms with Crippen LogP contribution in [0.3, 0.4) is 0 Å². The summed E-state index contributed by atoms with van der Waals surface area (Å²) in [7, 11) is 0. The van der Waals surface area contributed by atoms with Crippen LogP contribution in [-0.2, 0) is 11.3 Å². The molecule has 0 aliphatic carbocycles. The third-order valence-electron chi connectivity index (χ3n) is 4.76. The number of β-amino-alcohol motifs (C(OH)–C–C–N with tert-alkyl or cyclic N) is 1. The van der Waals surface area contributed by atoms with Gasteiger partial charge < -0.3 is 19.7 Å².